The van der Waals surface area contributed by atoms with Crippen LogP contribution < -0.4 is 21.3 Å². The SMILES string of the molecule is CC(C)CCNC(=O)Cn1ncc(OCC(C)N)cc1=O. The minimum absolute atomic E-state index is 0.0928. The maximum Gasteiger partial charge on any atom is 0.270 e. The molecule has 0 aromatic carbocycles. The van der Waals surface area contributed by atoms with Crippen LogP contribution in [0.3, 0.4) is 0 Å². The number of hydrogen-bond donors (Lipinski definition) is 2. The normalized spacial score (nSPS) is 12.2. The van der Waals surface area contributed by atoms with Crippen LogP contribution in [0.4, 0.5) is 0 Å². The van der Waals surface area contributed by atoms with Crippen LogP contribution >= 0.6 is 0 Å². The zero-order valence-corrected chi connectivity index (χ0v) is 12.8. The molecule has 0 radical (unpaired) electrons. The van der Waals surface area contributed by atoms with Gasteiger partial charge in [-0.1, -0.05) is 13.8 Å². The molecule has 1 aromatic heterocycles. The van der Waals surface area contributed by atoms with E-state index in [1.165, 1.54) is 12.3 Å². The average molecular weight is 296 g/mol. The van der Waals surface area contributed by atoms with Gasteiger partial charge in [0.2, 0.25) is 5.91 Å². The third-order valence-corrected chi connectivity index (χ3v) is 2.69. The van der Waals surface area contributed by atoms with Gasteiger partial charge < -0.3 is 15.8 Å². The Labute approximate surface area is 124 Å². The molecular formula is C14H24N4O3. The molecule has 1 heterocycles. The summed E-state index contributed by atoms with van der Waals surface area (Å²) in [5.74, 6) is 0.649. The Morgan fingerprint density at radius 1 is 1.48 bits per heavy atom. The topological polar surface area (TPSA) is 99.2 Å². The Balaban J connectivity index is 2.52. The molecule has 7 nitrogen and oxygen atoms in total. The summed E-state index contributed by atoms with van der Waals surface area (Å²) in [5.41, 5.74) is 5.18. The number of nitrogens with two attached hydrogens (primary N) is 1. The van der Waals surface area contributed by atoms with Gasteiger partial charge in [-0.05, 0) is 19.3 Å². The zero-order valence-electron chi connectivity index (χ0n) is 12.8. The maximum absolute atomic E-state index is 11.8. The highest BCUT2D eigenvalue weighted by Gasteiger charge is 2.07. The van der Waals surface area contributed by atoms with Gasteiger partial charge in [-0.25, -0.2) is 4.68 Å². The molecule has 1 aromatic rings. The number of aromatic nitrogens is 2. The van der Waals surface area contributed by atoms with E-state index < -0.39 is 0 Å². The molecule has 118 valence electrons. The fourth-order valence-electron chi connectivity index (χ4n) is 1.53. The summed E-state index contributed by atoms with van der Waals surface area (Å²) in [7, 11) is 0. The van der Waals surface area contributed by atoms with E-state index in [9.17, 15) is 9.59 Å². The molecular weight excluding hydrogens is 272 g/mol. The summed E-state index contributed by atoms with van der Waals surface area (Å²) in [6.07, 6.45) is 2.31. The van der Waals surface area contributed by atoms with Gasteiger partial charge in [-0.2, -0.15) is 5.10 Å². The van der Waals surface area contributed by atoms with Crippen molar-refractivity contribution in [1.82, 2.24) is 15.1 Å². The van der Waals surface area contributed by atoms with E-state index in [1.807, 2.05) is 0 Å². The standard InChI is InChI=1S/C14H24N4O3/c1-10(2)4-5-16-13(19)8-18-14(20)6-12(7-17-18)21-9-11(3)15/h6-7,10-11H,4-5,8-9,15H2,1-3H3,(H,16,19). The van der Waals surface area contributed by atoms with Gasteiger partial charge in [-0.15, -0.1) is 0 Å². The molecule has 0 bridgehead atoms. The minimum Gasteiger partial charge on any atom is -0.490 e. The van der Waals surface area contributed by atoms with Crippen LogP contribution in [0.1, 0.15) is 27.2 Å². The minimum atomic E-state index is -0.379. The van der Waals surface area contributed by atoms with Gasteiger partial charge in [0.25, 0.3) is 5.56 Å². The fourth-order valence-corrected chi connectivity index (χ4v) is 1.53. The van der Waals surface area contributed by atoms with Crippen molar-refractivity contribution in [3.63, 3.8) is 0 Å². The first-order chi connectivity index (χ1) is 9.88. The van der Waals surface area contributed by atoms with Crippen LogP contribution in [0, 0.1) is 5.92 Å². The van der Waals surface area contributed by atoms with Crippen molar-refractivity contribution >= 4 is 5.91 Å². The number of nitrogens with one attached hydrogen (secondary N) is 1. The van der Waals surface area contributed by atoms with E-state index in [0.29, 0.717) is 24.8 Å². The van der Waals surface area contributed by atoms with Crippen molar-refractivity contribution in [1.29, 1.82) is 0 Å². The molecule has 1 rings (SSSR count). The number of hydrogen-bond acceptors (Lipinski definition) is 5. The van der Waals surface area contributed by atoms with Crippen molar-refractivity contribution in [3.8, 4) is 5.75 Å². The maximum atomic E-state index is 11.8. The molecule has 0 saturated carbocycles. The van der Waals surface area contributed by atoms with Gasteiger partial charge in [-0.3, -0.25) is 9.59 Å². The fraction of sp³-hybridized carbons (Fsp3) is 0.643. The second kappa shape index (κ2) is 8.41. The van der Waals surface area contributed by atoms with Gasteiger partial charge in [0, 0.05) is 18.7 Å². The average Bonchev–Trinajstić information content (AvgIpc) is 2.38. The van der Waals surface area contributed by atoms with E-state index in [4.69, 9.17) is 10.5 Å². The molecule has 0 spiro atoms. The number of rotatable bonds is 8. The molecule has 1 atom stereocenters. The van der Waals surface area contributed by atoms with Crippen LogP contribution in [0.2, 0.25) is 0 Å². The lowest BCUT2D eigenvalue weighted by Crippen LogP contribution is -2.34. The van der Waals surface area contributed by atoms with Crippen molar-refractivity contribution in [2.45, 2.75) is 39.8 Å². The van der Waals surface area contributed by atoms with E-state index in [2.05, 4.69) is 24.3 Å². The van der Waals surface area contributed by atoms with Crippen molar-refractivity contribution < 1.29 is 9.53 Å². The summed E-state index contributed by atoms with van der Waals surface area (Å²) in [5, 5.41) is 6.67. The summed E-state index contributed by atoms with van der Waals surface area (Å²) in [6, 6.07) is 1.18. The summed E-state index contributed by atoms with van der Waals surface area (Å²) in [4.78, 5) is 23.5. The van der Waals surface area contributed by atoms with E-state index in [0.717, 1.165) is 11.1 Å². The van der Waals surface area contributed by atoms with Gasteiger partial charge in [0.15, 0.2) is 0 Å². The Bertz CT molecular complexity index is 511. The molecule has 7 heteroatoms. The quantitative estimate of drug-likeness (QED) is 0.710. The van der Waals surface area contributed by atoms with Gasteiger partial charge in [0.05, 0.1) is 6.20 Å². The summed E-state index contributed by atoms with van der Waals surface area (Å²) in [6.45, 7) is 6.78. The molecule has 0 aliphatic heterocycles. The van der Waals surface area contributed by atoms with Gasteiger partial charge in [0.1, 0.15) is 18.9 Å². The third kappa shape index (κ3) is 6.89. The van der Waals surface area contributed by atoms with E-state index in [-0.39, 0.29) is 24.1 Å². The number of carbonyl (C=O) groups excluding carboxylic acids is 1. The molecule has 1 amide bonds. The number of nitrogens with zero attached hydrogens (tertiary/aromatic N) is 2. The Morgan fingerprint density at radius 2 is 2.19 bits per heavy atom. The first kappa shape index (κ1) is 17.2. The Morgan fingerprint density at radius 3 is 2.76 bits per heavy atom. The van der Waals surface area contributed by atoms with Crippen molar-refractivity contribution in [2.24, 2.45) is 11.7 Å². The summed E-state index contributed by atoms with van der Waals surface area (Å²) < 4.78 is 6.40. The predicted octanol–water partition coefficient (Wildman–Crippen LogP) is 0.132. The first-order valence-corrected chi connectivity index (χ1v) is 7.10. The highest BCUT2D eigenvalue weighted by molar-refractivity contribution is 5.75. The predicted molar refractivity (Wildman–Crippen MR) is 80.1 cm³/mol. The van der Waals surface area contributed by atoms with Crippen LogP contribution in [0.15, 0.2) is 17.1 Å². The van der Waals surface area contributed by atoms with Crippen LogP contribution in [-0.2, 0) is 11.3 Å². The molecule has 0 aliphatic carbocycles. The monoisotopic (exact) mass is 296 g/mol. The Hall–Kier alpha value is -1.89. The smallest absolute Gasteiger partial charge is 0.270 e. The molecule has 0 saturated heterocycles. The second-order valence-electron chi connectivity index (χ2n) is 5.51. The first-order valence-electron chi connectivity index (χ1n) is 7.10. The number of amides is 1. The van der Waals surface area contributed by atoms with Gasteiger partial charge >= 0.3 is 0 Å². The molecule has 0 fully saturated rings. The van der Waals surface area contributed by atoms with Crippen LogP contribution in [0.25, 0.3) is 0 Å². The van der Waals surface area contributed by atoms with Crippen LogP contribution in [0.5, 0.6) is 5.75 Å². The second-order valence-corrected chi connectivity index (χ2v) is 5.51. The lowest BCUT2D eigenvalue weighted by molar-refractivity contribution is -0.121. The molecule has 1 unspecified atom stereocenters. The van der Waals surface area contributed by atoms with Crippen LogP contribution in [-0.4, -0.2) is 34.9 Å². The van der Waals surface area contributed by atoms with Crippen molar-refractivity contribution in [3.05, 3.63) is 22.6 Å². The number of ether oxygens (including phenoxy) is 1. The largest absolute Gasteiger partial charge is 0.490 e. The van der Waals surface area contributed by atoms with E-state index in [1.54, 1.807) is 6.92 Å². The lowest BCUT2D eigenvalue weighted by Gasteiger charge is -2.10. The van der Waals surface area contributed by atoms with Crippen molar-refractivity contribution in [2.75, 3.05) is 13.2 Å². The Kier molecular flexibility index (Phi) is 6.87. The highest BCUT2D eigenvalue weighted by Crippen LogP contribution is 2.03. The molecule has 3 N–H and O–H groups in total. The van der Waals surface area contributed by atoms with E-state index >= 15 is 0 Å². The number of carbonyl (C=O) groups is 1. The molecule has 0 aliphatic rings. The lowest BCUT2D eigenvalue weighted by atomic mass is 10.1. The highest BCUT2D eigenvalue weighted by atomic mass is 16.5. The molecule has 21 heavy (non-hydrogen) atoms. The summed E-state index contributed by atoms with van der Waals surface area (Å²) >= 11 is 0. The zero-order chi connectivity index (χ0) is 15.8. The third-order valence-electron chi connectivity index (χ3n) is 2.69.